The number of likely N-dealkylation sites (tertiary alicyclic amines) is 1. The van der Waals surface area contributed by atoms with Crippen LogP contribution < -0.4 is 11.1 Å². The third kappa shape index (κ3) is 2.37. The Balaban J connectivity index is 1.94. The van der Waals surface area contributed by atoms with Crippen LogP contribution in [0.25, 0.3) is 0 Å². The van der Waals surface area contributed by atoms with E-state index in [4.69, 9.17) is 10.8 Å². The molecule has 6 nitrogen and oxygen atoms in total. The fourth-order valence-corrected chi connectivity index (χ4v) is 1.83. The number of hydrogen-bond donors (Lipinski definition) is 3. The van der Waals surface area contributed by atoms with E-state index in [9.17, 15) is 9.59 Å². The molecule has 0 aromatic heterocycles. The first-order chi connectivity index (χ1) is 8.47. The van der Waals surface area contributed by atoms with E-state index in [1.165, 1.54) is 4.90 Å². The molecular formula is C12H15N3O3. The van der Waals surface area contributed by atoms with Crippen LogP contribution in [-0.2, 0) is 4.79 Å². The number of carboxylic acid groups (broad SMARTS) is 1. The Labute approximate surface area is 104 Å². The van der Waals surface area contributed by atoms with E-state index >= 15 is 0 Å². The smallest absolute Gasteiger partial charge is 0.407 e. The minimum atomic E-state index is -0.992. The van der Waals surface area contributed by atoms with Gasteiger partial charge in [0.15, 0.2) is 0 Å². The van der Waals surface area contributed by atoms with Gasteiger partial charge in [0.05, 0.1) is 17.3 Å². The van der Waals surface area contributed by atoms with Crippen molar-refractivity contribution in [2.45, 2.75) is 6.92 Å². The standard InChI is InChI=1S/C12H15N3O3/c1-7-2-3-10(9(13)4-7)14-11(16)8-5-15(6-8)12(17)18/h2-4,8H,5-6,13H2,1H3,(H,14,16)(H,17,18). The minimum Gasteiger partial charge on any atom is -0.465 e. The summed E-state index contributed by atoms with van der Waals surface area (Å²) >= 11 is 0. The number of amides is 2. The lowest BCUT2D eigenvalue weighted by Gasteiger charge is -2.35. The van der Waals surface area contributed by atoms with Gasteiger partial charge >= 0.3 is 6.09 Å². The summed E-state index contributed by atoms with van der Waals surface area (Å²) in [7, 11) is 0. The average molecular weight is 249 g/mol. The van der Waals surface area contributed by atoms with Crippen molar-refractivity contribution in [2.75, 3.05) is 24.1 Å². The number of aryl methyl sites for hydroxylation is 1. The van der Waals surface area contributed by atoms with Gasteiger partial charge < -0.3 is 21.1 Å². The van der Waals surface area contributed by atoms with Crippen LogP contribution in [0.2, 0.25) is 0 Å². The van der Waals surface area contributed by atoms with Crippen molar-refractivity contribution in [3.63, 3.8) is 0 Å². The third-order valence-electron chi connectivity index (χ3n) is 2.99. The lowest BCUT2D eigenvalue weighted by atomic mass is 10.00. The molecule has 0 unspecified atom stereocenters. The van der Waals surface area contributed by atoms with Gasteiger partial charge in [-0.15, -0.1) is 0 Å². The predicted molar refractivity (Wildman–Crippen MR) is 67.3 cm³/mol. The maximum Gasteiger partial charge on any atom is 0.407 e. The van der Waals surface area contributed by atoms with E-state index < -0.39 is 6.09 Å². The molecule has 96 valence electrons. The van der Waals surface area contributed by atoms with Gasteiger partial charge in [-0.2, -0.15) is 0 Å². The maximum atomic E-state index is 11.8. The summed E-state index contributed by atoms with van der Waals surface area (Å²) < 4.78 is 0. The molecule has 0 bridgehead atoms. The summed E-state index contributed by atoms with van der Waals surface area (Å²) in [4.78, 5) is 23.6. The number of carbonyl (C=O) groups excluding carboxylic acids is 1. The van der Waals surface area contributed by atoms with E-state index in [2.05, 4.69) is 5.32 Å². The Kier molecular flexibility index (Phi) is 3.10. The normalized spacial score (nSPS) is 15.1. The largest absolute Gasteiger partial charge is 0.465 e. The van der Waals surface area contributed by atoms with Gasteiger partial charge in [-0.25, -0.2) is 4.79 Å². The van der Waals surface area contributed by atoms with Crippen molar-refractivity contribution < 1.29 is 14.7 Å². The van der Waals surface area contributed by atoms with Crippen LogP contribution in [0.4, 0.5) is 16.2 Å². The van der Waals surface area contributed by atoms with E-state index in [1.807, 2.05) is 13.0 Å². The highest BCUT2D eigenvalue weighted by molar-refractivity contribution is 5.96. The van der Waals surface area contributed by atoms with Crippen molar-refractivity contribution in [1.82, 2.24) is 4.90 Å². The quantitative estimate of drug-likeness (QED) is 0.684. The molecule has 1 heterocycles. The van der Waals surface area contributed by atoms with Crippen LogP contribution in [0.3, 0.4) is 0 Å². The molecule has 1 aromatic carbocycles. The molecule has 0 saturated carbocycles. The molecule has 0 atom stereocenters. The van der Waals surface area contributed by atoms with Gasteiger partial charge in [-0.05, 0) is 24.6 Å². The fourth-order valence-electron chi connectivity index (χ4n) is 1.83. The zero-order valence-electron chi connectivity index (χ0n) is 10.0. The molecule has 2 rings (SSSR count). The van der Waals surface area contributed by atoms with Crippen molar-refractivity contribution in [2.24, 2.45) is 5.92 Å². The number of anilines is 2. The molecule has 1 aromatic rings. The third-order valence-corrected chi connectivity index (χ3v) is 2.99. The topological polar surface area (TPSA) is 95.7 Å². The minimum absolute atomic E-state index is 0.192. The zero-order chi connectivity index (χ0) is 13.3. The molecule has 0 spiro atoms. The molecule has 1 saturated heterocycles. The first kappa shape index (κ1) is 12.2. The van der Waals surface area contributed by atoms with Crippen LogP contribution in [0.15, 0.2) is 18.2 Å². The van der Waals surface area contributed by atoms with Crippen LogP contribution in [0.5, 0.6) is 0 Å². The molecule has 0 aliphatic carbocycles. The van der Waals surface area contributed by atoms with E-state index in [0.29, 0.717) is 11.4 Å². The van der Waals surface area contributed by atoms with E-state index in [0.717, 1.165) is 5.56 Å². The lowest BCUT2D eigenvalue weighted by Crippen LogP contribution is -2.53. The molecule has 2 amide bonds. The van der Waals surface area contributed by atoms with Gasteiger partial charge in [-0.3, -0.25) is 4.79 Å². The fraction of sp³-hybridized carbons (Fsp3) is 0.333. The Hall–Kier alpha value is -2.24. The highest BCUT2D eigenvalue weighted by Gasteiger charge is 2.35. The number of nitrogens with two attached hydrogens (primary N) is 1. The van der Waals surface area contributed by atoms with Crippen molar-refractivity contribution in [3.8, 4) is 0 Å². The number of rotatable bonds is 2. The second-order valence-corrected chi connectivity index (χ2v) is 4.46. The molecule has 6 heteroatoms. The molecule has 0 radical (unpaired) electrons. The Morgan fingerprint density at radius 2 is 2.11 bits per heavy atom. The van der Waals surface area contributed by atoms with E-state index in [-0.39, 0.29) is 24.9 Å². The van der Waals surface area contributed by atoms with Crippen molar-refractivity contribution >= 4 is 23.4 Å². The van der Waals surface area contributed by atoms with Crippen LogP contribution in [-0.4, -0.2) is 35.1 Å². The van der Waals surface area contributed by atoms with Gasteiger partial charge in [0.1, 0.15) is 0 Å². The van der Waals surface area contributed by atoms with Gasteiger partial charge in [0.2, 0.25) is 5.91 Å². The van der Waals surface area contributed by atoms with Gasteiger partial charge in [-0.1, -0.05) is 6.07 Å². The Morgan fingerprint density at radius 3 is 2.67 bits per heavy atom. The number of hydrogen-bond acceptors (Lipinski definition) is 3. The lowest BCUT2D eigenvalue weighted by molar-refractivity contribution is -0.123. The van der Waals surface area contributed by atoms with Crippen LogP contribution in [0, 0.1) is 12.8 Å². The molecule has 18 heavy (non-hydrogen) atoms. The molecule has 1 aliphatic rings. The summed E-state index contributed by atoms with van der Waals surface area (Å²) in [5.74, 6) is -0.482. The summed E-state index contributed by atoms with van der Waals surface area (Å²) in [6.07, 6.45) is -0.992. The maximum absolute atomic E-state index is 11.8. The first-order valence-electron chi connectivity index (χ1n) is 5.62. The summed E-state index contributed by atoms with van der Waals surface area (Å²) in [5.41, 5.74) is 7.89. The SMILES string of the molecule is Cc1ccc(NC(=O)C2CN(C(=O)O)C2)c(N)c1. The second kappa shape index (κ2) is 4.56. The number of nitrogens with one attached hydrogen (secondary N) is 1. The monoisotopic (exact) mass is 249 g/mol. The predicted octanol–water partition coefficient (Wildman–Crippen LogP) is 1.13. The number of nitrogen functional groups attached to an aromatic ring is 1. The second-order valence-electron chi connectivity index (χ2n) is 4.46. The number of carbonyl (C=O) groups is 2. The van der Waals surface area contributed by atoms with Crippen molar-refractivity contribution in [1.29, 1.82) is 0 Å². The highest BCUT2D eigenvalue weighted by Crippen LogP contribution is 2.22. The summed E-state index contributed by atoms with van der Waals surface area (Å²) in [6.45, 7) is 2.40. The summed E-state index contributed by atoms with van der Waals surface area (Å²) in [6, 6.07) is 5.38. The van der Waals surface area contributed by atoms with Gasteiger partial charge in [0.25, 0.3) is 0 Å². The number of nitrogens with zero attached hydrogens (tertiary/aromatic N) is 1. The van der Waals surface area contributed by atoms with Crippen molar-refractivity contribution in [3.05, 3.63) is 23.8 Å². The molecule has 4 N–H and O–H groups in total. The van der Waals surface area contributed by atoms with Gasteiger partial charge in [0, 0.05) is 13.1 Å². The average Bonchev–Trinajstić information content (AvgIpc) is 2.19. The molecule has 1 aliphatic heterocycles. The highest BCUT2D eigenvalue weighted by atomic mass is 16.4. The first-order valence-corrected chi connectivity index (χ1v) is 5.62. The number of benzene rings is 1. The zero-order valence-corrected chi connectivity index (χ0v) is 10.0. The molecular weight excluding hydrogens is 234 g/mol. The van der Waals surface area contributed by atoms with E-state index in [1.54, 1.807) is 12.1 Å². The van der Waals surface area contributed by atoms with Crippen LogP contribution >= 0.6 is 0 Å². The summed E-state index contributed by atoms with van der Waals surface area (Å²) in [5, 5.41) is 11.4. The Bertz CT molecular complexity index is 495. The van der Waals surface area contributed by atoms with Crippen LogP contribution in [0.1, 0.15) is 5.56 Å². The Morgan fingerprint density at radius 1 is 1.44 bits per heavy atom. The molecule has 1 fully saturated rings.